The fraction of sp³-hybridized carbons (Fsp3) is 0.923. The van der Waals surface area contributed by atoms with Crippen LogP contribution in [0.4, 0.5) is 0 Å². The number of likely N-dealkylation sites (tertiary alicyclic amines) is 1. The molecule has 2 saturated heterocycles. The van der Waals surface area contributed by atoms with E-state index in [1.165, 1.54) is 0 Å². The maximum Gasteiger partial charge on any atom is 0.236 e. The predicted octanol–water partition coefficient (Wildman–Crippen LogP) is 0.598. The number of nitrogens with one attached hydrogen (secondary N) is 1. The van der Waals surface area contributed by atoms with Gasteiger partial charge in [-0.25, -0.2) is 0 Å². The van der Waals surface area contributed by atoms with Crippen LogP contribution in [0.2, 0.25) is 0 Å². The molecule has 1 spiro atoms. The summed E-state index contributed by atoms with van der Waals surface area (Å²) in [6, 6.07) is 0. The first-order valence-electron chi connectivity index (χ1n) is 6.88. The van der Waals surface area contributed by atoms with Crippen molar-refractivity contribution in [2.24, 2.45) is 5.92 Å². The summed E-state index contributed by atoms with van der Waals surface area (Å²) in [4.78, 5) is 13.9. The fourth-order valence-corrected chi connectivity index (χ4v) is 2.46. The van der Waals surface area contributed by atoms with Crippen LogP contribution in [0.15, 0.2) is 0 Å². The Hall–Kier alpha value is -0.650. The number of rotatable bonds is 4. The Kier molecular flexibility index (Phi) is 4.59. The third kappa shape index (κ3) is 3.43. The lowest BCUT2D eigenvalue weighted by molar-refractivity contribution is -0.187. The average Bonchev–Trinajstić information content (AvgIpc) is 2.78. The zero-order valence-corrected chi connectivity index (χ0v) is 11.4. The first-order chi connectivity index (χ1) is 8.61. The summed E-state index contributed by atoms with van der Waals surface area (Å²) in [5.74, 6) is 0.369. The molecule has 0 aliphatic carbocycles. The van der Waals surface area contributed by atoms with Crippen molar-refractivity contribution in [2.75, 3.05) is 39.4 Å². The number of piperidine rings is 1. The van der Waals surface area contributed by atoms with Crippen molar-refractivity contribution < 1.29 is 14.3 Å². The quantitative estimate of drug-likeness (QED) is 0.800. The Morgan fingerprint density at radius 1 is 1.28 bits per heavy atom. The Labute approximate surface area is 109 Å². The van der Waals surface area contributed by atoms with E-state index < -0.39 is 0 Å². The van der Waals surface area contributed by atoms with Gasteiger partial charge in [-0.3, -0.25) is 4.79 Å². The fourth-order valence-electron chi connectivity index (χ4n) is 2.46. The third-order valence-electron chi connectivity index (χ3n) is 3.52. The SMILES string of the molecule is CC(C)CNCC(=O)N1CCC2(CC1)OCCO2. The maximum absolute atomic E-state index is 12.0. The van der Waals surface area contributed by atoms with Crippen molar-refractivity contribution in [1.29, 1.82) is 0 Å². The molecule has 2 rings (SSSR count). The van der Waals surface area contributed by atoms with Gasteiger partial charge in [-0.1, -0.05) is 13.8 Å². The topological polar surface area (TPSA) is 50.8 Å². The van der Waals surface area contributed by atoms with Gasteiger partial charge in [0.1, 0.15) is 0 Å². The average molecular weight is 256 g/mol. The number of hydrogen-bond donors (Lipinski definition) is 1. The van der Waals surface area contributed by atoms with E-state index in [0.29, 0.717) is 25.7 Å². The molecule has 2 heterocycles. The second kappa shape index (κ2) is 5.99. The van der Waals surface area contributed by atoms with Crippen molar-refractivity contribution in [1.82, 2.24) is 10.2 Å². The van der Waals surface area contributed by atoms with Gasteiger partial charge in [-0.05, 0) is 12.5 Å². The van der Waals surface area contributed by atoms with Crippen molar-refractivity contribution in [3.8, 4) is 0 Å². The van der Waals surface area contributed by atoms with Gasteiger partial charge in [0, 0.05) is 25.9 Å². The second-order valence-electron chi connectivity index (χ2n) is 5.51. The molecule has 0 unspecified atom stereocenters. The molecule has 2 aliphatic heterocycles. The van der Waals surface area contributed by atoms with Gasteiger partial charge in [-0.15, -0.1) is 0 Å². The molecule has 5 nitrogen and oxygen atoms in total. The third-order valence-corrected chi connectivity index (χ3v) is 3.52. The minimum atomic E-state index is -0.387. The largest absolute Gasteiger partial charge is 0.347 e. The van der Waals surface area contributed by atoms with Gasteiger partial charge in [0.05, 0.1) is 19.8 Å². The van der Waals surface area contributed by atoms with Crippen LogP contribution in [0.5, 0.6) is 0 Å². The number of nitrogens with zero attached hydrogens (tertiary/aromatic N) is 1. The lowest BCUT2D eigenvalue weighted by Crippen LogP contribution is -2.49. The van der Waals surface area contributed by atoms with Crippen LogP contribution in [-0.2, 0) is 14.3 Å². The zero-order valence-electron chi connectivity index (χ0n) is 11.4. The molecule has 2 fully saturated rings. The van der Waals surface area contributed by atoms with E-state index in [0.717, 1.165) is 32.5 Å². The minimum absolute atomic E-state index is 0.184. The van der Waals surface area contributed by atoms with Crippen LogP contribution in [0.25, 0.3) is 0 Å². The summed E-state index contributed by atoms with van der Waals surface area (Å²) in [5, 5.41) is 3.19. The van der Waals surface area contributed by atoms with Crippen LogP contribution in [0, 0.1) is 5.92 Å². The molecule has 2 aliphatic rings. The van der Waals surface area contributed by atoms with E-state index in [-0.39, 0.29) is 11.7 Å². The maximum atomic E-state index is 12.0. The minimum Gasteiger partial charge on any atom is -0.347 e. The Balaban J connectivity index is 1.70. The lowest BCUT2D eigenvalue weighted by Gasteiger charge is -2.37. The molecule has 0 atom stereocenters. The highest BCUT2D eigenvalue weighted by atomic mass is 16.7. The van der Waals surface area contributed by atoms with Crippen molar-refractivity contribution in [2.45, 2.75) is 32.5 Å². The first-order valence-corrected chi connectivity index (χ1v) is 6.88. The molecule has 1 amide bonds. The molecule has 0 bridgehead atoms. The molecule has 0 radical (unpaired) electrons. The summed E-state index contributed by atoms with van der Waals surface area (Å²) in [5.41, 5.74) is 0. The van der Waals surface area contributed by atoms with E-state index in [2.05, 4.69) is 19.2 Å². The molecule has 0 saturated carbocycles. The molecule has 104 valence electrons. The van der Waals surface area contributed by atoms with E-state index in [1.807, 2.05) is 4.90 Å². The Morgan fingerprint density at radius 3 is 2.44 bits per heavy atom. The van der Waals surface area contributed by atoms with E-state index in [9.17, 15) is 4.79 Å². The van der Waals surface area contributed by atoms with Crippen LogP contribution in [0.3, 0.4) is 0 Å². The standard InChI is InChI=1S/C13H24N2O3/c1-11(2)9-14-10-12(16)15-5-3-13(4-6-15)17-7-8-18-13/h11,14H,3-10H2,1-2H3. The smallest absolute Gasteiger partial charge is 0.236 e. The summed E-state index contributed by atoms with van der Waals surface area (Å²) in [6.07, 6.45) is 1.59. The molecule has 18 heavy (non-hydrogen) atoms. The molecular weight excluding hydrogens is 232 g/mol. The normalized spacial score (nSPS) is 22.9. The number of amides is 1. The molecule has 5 heteroatoms. The van der Waals surface area contributed by atoms with Crippen LogP contribution >= 0.6 is 0 Å². The van der Waals surface area contributed by atoms with Crippen molar-refractivity contribution in [3.05, 3.63) is 0 Å². The van der Waals surface area contributed by atoms with Gasteiger partial charge in [0.25, 0.3) is 0 Å². The number of ether oxygens (including phenoxy) is 2. The molecular formula is C13H24N2O3. The van der Waals surface area contributed by atoms with Gasteiger partial charge >= 0.3 is 0 Å². The molecule has 1 N–H and O–H groups in total. The van der Waals surface area contributed by atoms with E-state index in [4.69, 9.17) is 9.47 Å². The van der Waals surface area contributed by atoms with Crippen LogP contribution in [0.1, 0.15) is 26.7 Å². The monoisotopic (exact) mass is 256 g/mol. The van der Waals surface area contributed by atoms with E-state index in [1.54, 1.807) is 0 Å². The van der Waals surface area contributed by atoms with E-state index >= 15 is 0 Å². The van der Waals surface area contributed by atoms with Gasteiger partial charge < -0.3 is 19.7 Å². The second-order valence-corrected chi connectivity index (χ2v) is 5.51. The number of carbonyl (C=O) groups is 1. The number of carbonyl (C=O) groups excluding carboxylic acids is 1. The zero-order chi connectivity index (χ0) is 13.0. The summed E-state index contributed by atoms with van der Waals surface area (Å²) in [7, 11) is 0. The highest BCUT2D eigenvalue weighted by Gasteiger charge is 2.40. The summed E-state index contributed by atoms with van der Waals surface area (Å²) < 4.78 is 11.3. The summed E-state index contributed by atoms with van der Waals surface area (Å²) >= 11 is 0. The van der Waals surface area contributed by atoms with Crippen molar-refractivity contribution >= 4 is 5.91 Å². The highest BCUT2D eigenvalue weighted by Crippen LogP contribution is 2.31. The highest BCUT2D eigenvalue weighted by molar-refractivity contribution is 5.78. The van der Waals surface area contributed by atoms with Crippen LogP contribution in [-0.4, -0.2) is 56.0 Å². The Bertz CT molecular complexity index is 278. The van der Waals surface area contributed by atoms with Crippen molar-refractivity contribution in [3.63, 3.8) is 0 Å². The van der Waals surface area contributed by atoms with Gasteiger partial charge in [-0.2, -0.15) is 0 Å². The predicted molar refractivity (Wildman–Crippen MR) is 68.2 cm³/mol. The number of hydrogen-bond acceptors (Lipinski definition) is 4. The Morgan fingerprint density at radius 2 is 1.89 bits per heavy atom. The van der Waals surface area contributed by atoms with Crippen LogP contribution < -0.4 is 5.32 Å². The molecule has 0 aromatic carbocycles. The lowest BCUT2D eigenvalue weighted by atomic mass is 10.0. The van der Waals surface area contributed by atoms with Gasteiger partial charge in [0.15, 0.2) is 5.79 Å². The van der Waals surface area contributed by atoms with Gasteiger partial charge in [0.2, 0.25) is 5.91 Å². The molecule has 0 aromatic heterocycles. The molecule has 0 aromatic rings. The first kappa shape index (κ1) is 13.8. The summed E-state index contributed by atoms with van der Waals surface area (Å²) in [6.45, 7) is 8.44.